The van der Waals surface area contributed by atoms with E-state index in [1.54, 1.807) is 0 Å². The van der Waals surface area contributed by atoms with Crippen LogP contribution in [0.5, 0.6) is 5.75 Å². The number of thioether (sulfide) groups is 1. The standard InChI is InChI=1S/C18H19NOS/c1-3-7-17-14(5-1)11-19(9-10-20-17)12-15-13-21-18-8-4-2-6-16(15)18/h1-8,15H,9-13H2. The van der Waals surface area contributed by atoms with Crippen molar-refractivity contribution in [2.45, 2.75) is 17.4 Å². The molecule has 0 bridgehead atoms. The maximum absolute atomic E-state index is 5.87. The molecule has 0 aromatic heterocycles. The van der Waals surface area contributed by atoms with Crippen LogP contribution in [-0.4, -0.2) is 30.3 Å². The van der Waals surface area contributed by atoms with Gasteiger partial charge in [0.15, 0.2) is 0 Å². The summed E-state index contributed by atoms with van der Waals surface area (Å²) in [5.41, 5.74) is 2.84. The summed E-state index contributed by atoms with van der Waals surface area (Å²) in [4.78, 5) is 4.01. The van der Waals surface area contributed by atoms with E-state index < -0.39 is 0 Å². The van der Waals surface area contributed by atoms with Crippen LogP contribution in [0.4, 0.5) is 0 Å². The molecule has 1 atom stereocenters. The first-order valence-corrected chi connectivity index (χ1v) is 8.53. The van der Waals surface area contributed by atoms with Crippen molar-refractivity contribution in [3.05, 3.63) is 59.7 Å². The van der Waals surface area contributed by atoms with Gasteiger partial charge >= 0.3 is 0 Å². The number of fused-ring (bicyclic) bond motifs is 2. The fourth-order valence-corrected chi connectivity index (χ4v) is 4.47. The van der Waals surface area contributed by atoms with E-state index in [9.17, 15) is 0 Å². The van der Waals surface area contributed by atoms with E-state index in [2.05, 4.69) is 53.4 Å². The summed E-state index contributed by atoms with van der Waals surface area (Å²) in [6, 6.07) is 17.3. The van der Waals surface area contributed by atoms with Gasteiger partial charge in [-0.25, -0.2) is 0 Å². The molecule has 2 aromatic rings. The number of benzene rings is 2. The molecule has 0 N–H and O–H groups in total. The van der Waals surface area contributed by atoms with Crippen LogP contribution in [0.1, 0.15) is 17.0 Å². The highest BCUT2D eigenvalue weighted by atomic mass is 32.2. The van der Waals surface area contributed by atoms with Crippen molar-refractivity contribution < 1.29 is 4.74 Å². The largest absolute Gasteiger partial charge is 0.492 e. The predicted octanol–water partition coefficient (Wildman–Crippen LogP) is 3.77. The van der Waals surface area contributed by atoms with Crippen LogP contribution in [0, 0.1) is 0 Å². The summed E-state index contributed by atoms with van der Waals surface area (Å²) >= 11 is 2.00. The lowest BCUT2D eigenvalue weighted by molar-refractivity contribution is 0.219. The average Bonchev–Trinajstić information content (AvgIpc) is 2.80. The molecule has 0 spiro atoms. The highest BCUT2D eigenvalue weighted by molar-refractivity contribution is 7.99. The Hall–Kier alpha value is -1.45. The number of ether oxygens (including phenoxy) is 1. The predicted molar refractivity (Wildman–Crippen MR) is 87.1 cm³/mol. The lowest BCUT2D eigenvalue weighted by Gasteiger charge is -2.23. The maximum atomic E-state index is 5.87. The molecule has 3 heteroatoms. The van der Waals surface area contributed by atoms with Crippen LogP contribution in [0.3, 0.4) is 0 Å². The summed E-state index contributed by atoms with van der Waals surface area (Å²) in [5.74, 6) is 2.91. The monoisotopic (exact) mass is 297 g/mol. The Kier molecular flexibility index (Phi) is 3.62. The molecular formula is C18H19NOS. The van der Waals surface area contributed by atoms with Gasteiger partial charge in [0.05, 0.1) is 0 Å². The van der Waals surface area contributed by atoms with Gasteiger partial charge < -0.3 is 4.74 Å². The van der Waals surface area contributed by atoms with E-state index in [1.165, 1.54) is 21.8 Å². The van der Waals surface area contributed by atoms with Gasteiger partial charge in [-0.15, -0.1) is 11.8 Å². The van der Waals surface area contributed by atoms with Crippen molar-refractivity contribution in [1.29, 1.82) is 0 Å². The van der Waals surface area contributed by atoms with Crippen LogP contribution in [-0.2, 0) is 6.54 Å². The first kappa shape index (κ1) is 13.2. The first-order chi connectivity index (χ1) is 10.4. The van der Waals surface area contributed by atoms with Gasteiger partial charge in [0.1, 0.15) is 12.4 Å². The topological polar surface area (TPSA) is 12.5 Å². The van der Waals surface area contributed by atoms with Gasteiger partial charge in [-0.2, -0.15) is 0 Å². The molecule has 0 saturated carbocycles. The van der Waals surface area contributed by atoms with E-state index in [4.69, 9.17) is 4.74 Å². The Morgan fingerprint density at radius 2 is 1.95 bits per heavy atom. The second-order valence-electron chi connectivity index (χ2n) is 5.74. The zero-order valence-electron chi connectivity index (χ0n) is 12.0. The SMILES string of the molecule is c1ccc2c(c1)CN(CC1CSc3ccccc31)CCO2. The molecule has 4 rings (SSSR count). The minimum absolute atomic E-state index is 0.650. The lowest BCUT2D eigenvalue weighted by atomic mass is 10.0. The quantitative estimate of drug-likeness (QED) is 0.837. The number of rotatable bonds is 2. The molecule has 2 heterocycles. The van der Waals surface area contributed by atoms with Crippen molar-refractivity contribution in [2.24, 2.45) is 0 Å². The van der Waals surface area contributed by atoms with E-state index in [0.29, 0.717) is 5.92 Å². The average molecular weight is 297 g/mol. The van der Waals surface area contributed by atoms with Gasteiger partial charge in [-0.05, 0) is 17.7 Å². The van der Waals surface area contributed by atoms with Crippen molar-refractivity contribution in [3.8, 4) is 5.75 Å². The third-order valence-electron chi connectivity index (χ3n) is 4.31. The summed E-state index contributed by atoms with van der Waals surface area (Å²) in [7, 11) is 0. The minimum atomic E-state index is 0.650. The number of hydrogen-bond acceptors (Lipinski definition) is 3. The zero-order valence-corrected chi connectivity index (χ0v) is 12.8. The Balaban J connectivity index is 1.51. The van der Waals surface area contributed by atoms with Crippen molar-refractivity contribution in [2.75, 3.05) is 25.4 Å². The molecule has 0 saturated heterocycles. The van der Waals surface area contributed by atoms with Crippen LogP contribution >= 0.6 is 11.8 Å². The third kappa shape index (κ3) is 2.68. The second-order valence-corrected chi connectivity index (χ2v) is 6.80. The summed E-state index contributed by atoms with van der Waals surface area (Å²) < 4.78 is 5.87. The van der Waals surface area contributed by atoms with Gasteiger partial charge in [0.2, 0.25) is 0 Å². The molecule has 0 radical (unpaired) electrons. The molecule has 108 valence electrons. The maximum Gasteiger partial charge on any atom is 0.123 e. The summed E-state index contributed by atoms with van der Waals surface area (Å²) in [6.07, 6.45) is 0. The van der Waals surface area contributed by atoms with Gasteiger partial charge in [-0.3, -0.25) is 4.90 Å². The lowest BCUT2D eigenvalue weighted by Crippen LogP contribution is -2.30. The van der Waals surface area contributed by atoms with Crippen molar-refractivity contribution in [1.82, 2.24) is 4.90 Å². The molecule has 1 unspecified atom stereocenters. The Morgan fingerprint density at radius 3 is 2.95 bits per heavy atom. The highest BCUT2D eigenvalue weighted by Crippen LogP contribution is 2.40. The molecule has 2 aliphatic rings. The van der Waals surface area contributed by atoms with Crippen LogP contribution in [0.25, 0.3) is 0 Å². The minimum Gasteiger partial charge on any atom is -0.492 e. The summed E-state index contributed by atoms with van der Waals surface area (Å²) in [5, 5.41) is 0. The fraction of sp³-hybridized carbons (Fsp3) is 0.333. The van der Waals surface area contributed by atoms with E-state index in [1.807, 2.05) is 11.8 Å². The first-order valence-electron chi connectivity index (χ1n) is 7.55. The number of nitrogens with zero attached hydrogens (tertiary/aromatic N) is 1. The zero-order chi connectivity index (χ0) is 14.1. The molecule has 2 aromatic carbocycles. The molecule has 0 aliphatic carbocycles. The number of para-hydroxylation sites is 1. The van der Waals surface area contributed by atoms with Crippen molar-refractivity contribution in [3.63, 3.8) is 0 Å². The van der Waals surface area contributed by atoms with Gasteiger partial charge in [-0.1, -0.05) is 36.4 Å². The Bertz CT molecular complexity index is 643. The van der Waals surface area contributed by atoms with Crippen LogP contribution in [0.15, 0.2) is 53.4 Å². The molecule has 2 aliphatic heterocycles. The van der Waals surface area contributed by atoms with E-state index >= 15 is 0 Å². The molecule has 0 amide bonds. The normalized spacial score (nSPS) is 21.2. The Labute approximate surface area is 130 Å². The highest BCUT2D eigenvalue weighted by Gasteiger charge is 2.26. The van der Waals surface area contributed by atoms with Crippen LogP contribution in [0.2, 0.25) is 0 Å². The van der Waals surface area contributed by atoms with Crippen molar-refractivity contribution >= 4 is 11.8 Å². The molecule has 21 heavy (non-hydrogen) atoms. The molecule has 0 fully saturated rings. The van der Waals surface area contributed by atoms with Crippen LogP contribution < -0.4 is 4.74 Å². The van der Waals surface area contributed by atoms with E-state index in [0.717, 1.165) is 32.0 Å². The Morgan fingerprint density at radius 1 is 1.10 bits per heavy atom. The smallest absolute Gasteiger partial charge is 0.123 e. The number of hydrogen-bond donors (Lipinski definition) is 0. The molecule has 2 nitrogen and oxygen atoms in total. The van der Waals surface area contributed by atoms with Gasteiger partial charge in [0, 0.05) is 41.8 Å². The van der Waals surface area contributed by atoms with E-state index in [-0.39, 0.29) is 0 Å². The molecular weight excluding hydrogens is 278 g/mol. The second kappa shape index (κ2) is 5.74. The fourth-order valence-electron chi connectivity index (χ4n) is 3.23. The van der Waals surface area contributed by atoms with Gasteiger partial charge in [0.25, 0.3) is 0 Å². The summed E-state index contributed by atoms with van der Waals surface area (Å²) in [6.45, 7) is 3.93. The third-order valence-corrected chi connectivity index (χ3v) is 5.56.